The summed E-state index contributed by atoms with van der Waals surface area (Å²) < 4.78 is 6.60. The van der Waals surface area contributed by atoms with Crippen molar-refractivity contribution in [3.8, 4) is 0 Å². The van der Waals surface area contributed by atoms with Crippen molar-refractivity contribution in [2.24, 2.45) is 7.05 Å². The number of nitrogens with zero attached hydrogens (tertiary/aromatic N) is 4. The van der Waals surface area contributed by atoms with E-state index in [-0.39, 0.29) is 17.5 Å². The molecule has 2 aromatic heterocycles. The number of amides is 1. The van der Waals surface area contributed by atoms with Gasteiger partial charge in [-0.1, -0.05) is 30.6 Å². The number of hydrogen-bond acceptors (Lipinski definition) is 5. The molecule has 2 rings (SSSR count). The Morgan fingerprint density at radius 1 is 1.45 bits per heavy atom. The zero-order chi connectivity index (χ0) is 14.9. The van der Waals surface area contributed by atoms with E-state index in [2.05, 4.69) is 20.6 Å². The molecule has 0 radical (unpaired) electrons. The zero-order valence-electron chi connectivity index (χ0n) is 11.7. The van der Waals surface area contributed by atoms with Gasteiger partial charge in [-0.25, -0.2) is 0 Å². The van der Waals surface area contributed by atoms with Gasteiger partial charge in [0.25, 0.3) is 5.91 Å². The molecular weight excluding hydrogens is 282 g/mol. The fourth-order valence-electron chi connectivity index (χ4n) is 1.60. The van der Waals surface area contributed by atoms with Crippen molar-refractivity contribution in [3.63, 3.8) is 0 Å². The van der Waals surface area contributed by atoms with Gasteiger partial charge in [-0.2, -0.15) is 10.1 Å². The Labute approximate surface area is 121 Å². The lowest BCUT2D eigenvalue weighted by Gasteiger charge is -2.08. The molecule has 0 aliphatic carbocycles. The third-order valence-corrected chi connectivity index (χ3v) is 2.97. The molecule has 0 spiro atoms. The number of carbonyl (C=O) groups excluding carboxylic acids is 1. The quantitative estimate of drug-likeness (QED) is 0.933. The summed E-state index contributed by atoms with van der Waals surface area (Å²) in [5.41, 5.74) is 0.171. The van der Waals surface area contributed by atoms with Crippen molar-refractivity contribution in [2.75, 3.05) is 0 Å². The molecule has 108 valence electrons. The molecular formula is C12H16ClN5O2. The van der Waals surface area contributed by atoms with Crippen LogP contribution in [0.2, 0.25) is 5.02 Å². The Morgan fingerprint density at radius 3 is 2.65 bits per heavy atom. The van der Waals surface area contributed by atoms with Crippen LogP contribution in [0.1, 0.15) is 54.9 Å². The van der Waals surface area contributed by atoms with Gasteiger partial charge >= 0.3 is 0 Å². The first-order chi connectivity index (χ1) is 9.38. The van der Waals surface area contributed by atoms with Gasteiger partial charge in [0.05, 0.1) is 5.02 Å². The molecule has 0 saturated heterocycles. The van der Waals surface area contributed by atoms with Crippen molar-refractivity contribution < 1.29 is 9.32 Å². The fourth-order valence-corrected chi connectivity index (χ4v) is 1.86. The summed E-state index contributed by atoms with van der Waals surface area (Å²) >= 11 is 5.92. The second kappa shape index (κ2) is 5.62. The highest BCUT2D eigenvalue weighted by Gasteiger charge is 2.21. The van der Waals surface area contributed by atoms with Crippen LogP contribution in [-0.2, 0) is 7.05 Å². The van der Waals surface area contributed by atoms with E-state index in [0.29, 0.717) is 16.7 Å². The number of nitrogens with one attached hydrogen (secondary N) is 1. The summed E-state index contributed by atoms with van der Waals surface area (Å²) in [6.45, 7) is 5.68. The molecule has 1 N–H and O–H groups in total. The number of rotatable bonds is 4. The summed E-state index contributed by atoms with van der Waals surface area (Å²) in [7, 11) is 1.69. The Bertz CT molecular complexity index is 619. The van der Waals surface area contributed by atoms with Crippen LogP contribution in [-0.4, -0.2) is 25.8 Å². The molecule has 0 aromatic carbocycles. The van der Waals surface area contributed by atoms with E-state index >= 15 is 0 Å². The highest BCUT2D eigenvalue weighted by atomic mass is 35.5. The van der Waals surface area contributed by atoms with Crippen LogP contribution in [0.4, 0.5) is 0 Å². The molecule has 2 aromatic rings. The lowest BCUT2D eigenvalue weighted by molar-refractivity contribution is 0.0927. The molecule has 8 heteroatoms. The fraction of sp³-hybridized carbons (Fsp3) is 0.500. The van der Waals surface area contributed by atoms with Gasteiger partial charge in [0.2, 0.25) is 5.89 Å². The lowest BCUT2D eigenvalue weighted by Crippen LogP contribution is -2.27. The first-order valence-electron chi connectivity index (χ1n) is 6.22. The number of hydrogen-bond donors (Lipinski definition) is 1. The van der Waals surface area contributed by atoms with Crippen molar-refractivity contribution in [1.82, 2.24) is 25.2 Å². The minimum absolute atomic E-state index is 0.167. The maximum Gasteiger partial charge on any atom is 0.273 e. The number of halogens is 1. The first-order valence-corrected chi connectivity index (χ1v) is 6.59. The van der Waals surface area contributed by atoms with Crippen LogP contribution < -0.4 is 5.32 Å². The molecule has 0 fully saturated rings. The van der Waals surface area contributed by atoms with E-state index < -0.39 is 6.04 Å². The van der Waals surface area contributed by atoms with Crippen LogP contribution in [0, 0.1) is 0 Å². The lowest BCUT2D eigenvalue weighted by atomic mass is 10.2. The minimum atomic E-state index is -0.416. The van der Waals surface area contributed by atoms with Gasteiger partial charge in [0, 0.05) is 19.2 Å². The summed E-state index contributed by atoms with van der Waals surface area (Å²) in [6, 6.07) is -0.416. The molecule has 1 unspecified atom stereocenters. The maximum absolute atomic E-state index is 12.0. The van der Waals surface area contributed by atoms with Gasteiger partial charge in [-0.3, -0.25) is 9.48 Å². The summed E-state index contributed by atoms with van der Waals surface area (Å²) in [5.74, 6) is 0.749. The predicted molar refractivity (Wildman–Crippen MR) is 72.5 cm³/mol. The molecule has 0 saturated carbocycles. The van der Waals surface area contributed by atoms with Crippen molar-refractivity contribution >= 4 is 17.5 Å². The van der Waals surface area contributed by atoms with Crippen LogP contribution in [0.5, 0.6) is 0 Å². The van der Waals surface area contributed by atoms with Crippen molar-refractivity contribution in [3.05, 3.63) is 28.6 Å². The Hall–Kier alpha value is -1.89. The number of aromatic nitrogens is 4. The summed E-state index contributed by atoms with van der Waals surface area (Å²) in [5, 5.41) is 10.9. The molecule has 0 aliphatic rings. The van der Waals surface area contributed by atoms with E-state index in [1.54, 1.807) is 20.2 Å². The second-order valence-corrected chi connectivity index (χ2v) is 5.25. The van der Waals surface area contributed by atoms with E-state index in [1.165, 1.54) is 4.68 Å². The second-order valence-electron chi connectivity index (χ2n) is 4.84. The third kappa shape index (κ3) is 2.98. The van der Waals surface area contributed by atoms with E-state index in [1.807, 2.05) is 13.8 Å². The molecule has 1 amide bonds. The Morgan fingerprint density at radius 2 is 2.15 bits per heavy atom. The van der Waals surface area contributed by atoms with Gasteiger partial charge in [0.1, 0.15) is 6.04 Å². The van der Waals surface area contributed by atoms with Crippen LogP contribution in [0.3, 0.4) is 0 Å². The molecule has 0 bridgehead atoms. The van der Waals surface area contributed by atoms with Crippen molar-refractivity contribution in [2.45, 2.75) is 32.7 Å². The van der Waals surface area contributed by atoms with Crippen molar-refractivity contribution in [1.29, 1.82) is 0 Å². The topological polar surface area (TPSA) is 85.8 Å². The van der Waals surface area contributed by atoms with Crippen LogP contribution in [0.15, 0.2) is 10.7 Å². The van der Waals surface area contributed by atoms with Crippen LogP contribution in [0.25, 0.3) is 0 Å². The monoisotopic (exact) mass is 297 g/mol. The van der Waals surface area contributed by atoms with E-state index in [9.17, 15) is 4.79 Å². The molecule has 20 heavy (non-hydrogen) atoms. The average molecular weight is 298 g/mol. The molecule has 0 aliphatic heterocycles. The largest absolute Gasteiger partial charge is 0.339 e. The molecule has 1 atom stereocenters. The number of aryl methyl sites for hydroxylation is 1. The Balaban J connectivity index is 2.08. The minimum Gasteiger partial charge on any atom is -0.339 e. The SMILES string of the molecule is CC(C)c1noc(C(C)NC(=O)c2nn(C)cc2Cl)n1. The highest BCUT2D eigenvalue weighted by molar-refractivity contribution is 6.33. The maximum atomic E-state index is 12.0. The normalized spacial score (nSPS) is 12.7. The van der Waals surface area contributed by atoms with Gasteiger partial charge in [-0.05, 0) is 6.92 Å². The first kappa shape index (κ1) is 14.5. The van der Waals surface area contributed by atoms with Gasteiger partial charge in [0.15, 0.2) is 11.5 Å². The van der Waals surface area contributed by atoms with E-state index in [0.717, 1.165) is 0 Å². The van der Waals surface area contributed by atoms with Gasteiger partial charge < -0.3 is 9.84 Å². The molecule has 2 heterocycles. The smallest absolute Gasteiger partial charge is 0.273 e. The zero-order valence-corrected chi connectivity index (χ0v) is 12.5. The highest BCUT2D eigenvalue weighted by Crippen LogP contribution is 2.17. The predicted octanol–water partition coefficient (Wildman–Crippen LogP) is 2.07. The van der Waals surface area contributed by atoms with Gasteiger partial charge in [-0.15, -0.1) is 0 Å². The summed E-state index contributed by atoms with van der Waals surface area (Å²) in [6.07, 6.45) is 1.56. The Kier molecular flexibility index (Phi) is 4.08. The molecule has 7 nitrogen and oxygen atoms in total. The summed E-state index contributed by atoms with van der Waals surface area (Å²) in [4.78, 5) is 16.3. The average Bonchev–Trinajstić information content (AvgIpc) is 2.95. The number of carbonyl (C=O) groups is 1. The third-order valence-electron chi connectivity index (χ3n) is 2.69. The van der Waals surface area contributed by atoms with E-state index in [4.69, 9.17) is 16.1 Å². The standard InChI is InChI=1S/C12H16ClN5O2/c1-6(2)10-15-12(20-17-10)7(3)14-11(19)9-8(13)5-18(4)16-9/h5-7H,1-4H3,(H,14,19). The van der Waals surface area contributed by atoms with Crippen LogP contribution >= 0.6 is 11.6 Å².